The lowest BCUT2D eigenvalue weighted by molar-refractivity contribution is 1.07. The van der Waals surface area contributed by atoms with Crippen LogP contribution in [0.15, 0.2) is 24.3 Å². The molecule has 63 valence electrons. The van der Waals surface area contributed by atoms with Gasteiger partial charge in [-0.3, -0.25) is 0 Å². The lowest BCUT2D eigenvalue weighted by Gasteiger charge is -1.98. The molecule has 2 nitrogen and oxygen atoms in total. The number of benzene rings is 1. The quantitative estimate of drug-likeness (QED) is 0.660. The van der Waals surface area contributed by atoms with Crippen molar-refractivity contribution < 1.29 is 0 Å². The molecule has 0 aliphatic heterocycles. The Balaban J connectivity index is 2.71. The fourth-order valence-corrected chi connectivity index (χ4v) is 0.902. The zero-order chi connectivity index (χ0) is 8.81. The first-order valence-corrected chi connectivity index (χ1v) is 3.90. The van der Waals surface area contributed by atoms with Crippen LogP contribution in [0.4, 0.5) is 5.69 Å². The molecule has 1 radical (unpaired) electrons. The minimum Gasteiger partial charge on any atom is -0.388 e. The summed E-state index contributed by atoms with van der Waals surface area (Å²) in [6, 6.07) is 8.14. The Bertz CT molecular complexity index is 249. The highest BCUT2D eigenvalue weighted by Crippen LogP contribution is 2.08. The van der Waals surface area contributed by atoms with Crippen LogP contribution in [0, 0.1) is 6.20 Å². The number of anilines is 1. The SMILES string of the molecule is CN[C]=Cc1ccc(NC)cc1. The van der Waals surface area contributed by atoms with Crippen molar-refractivity contribution in [1.29, 1.82) is 0 Å². The second-order valence-electron chi connectivity index (χ2n) is 2.41. The normalized spacial score (nSPS) is 10.2. The molecule has 0 bridgehead atoms. The highest BCUT2D eigenvalue weighted by atomic mass is 14.8. The predicted molar refractivity (Wildman–Crippen MR) is 52.8 cm³/mol. The Hall–Kier alpha value is -1.44. The molecule has 1 aromatic rings. The molecule has 0 spiro atoms. The molecule has 1 aromatic carbocycles. The molecule has 1 rings (SSSR count). The van der Waals surface area contributed by atoms with Crippen LogP contribution in [0.25, 0.3) is 6.08 Å². The van der Waals surface area contributed by atoms with Gasteiger partial charge in [-0.15, -0.1) is 0 Å². The monoisotopic (exact) mass is 161 g/mol. The lowest BCUT2D eigenvalue weighted by atomic mass is 10.2. The molecule has 0 aliphatic rings. The van der Waals surface area contributed by atoms with E-state index in [1.165, 1.54) is 0 Å². The number of nitrogens with one attached hydrogen (secondary N) is 2. The van der Waals surface area contributed by atoms with Crippen LogP contribution >= 0.6 is 0 Å². The first-order valence-electron chi connectivity index (χ1n) is 3.90. The maximum Gasteiger partial charge on any atom is 0.0579 e. The first-order chi connectivity index (χ1) is 5.86. The van der Waals surface area contributed by atoms with Crippen molar-refractivity contribution >= 4 is 11.8 Å². The van der Waals surface area contributed by atoms with Gasteiger partial charge in [0.1, 0.15) is 0 Å². The van der Waals surface area contributed by atoms with Crippen molar-refractivity contribution in [3.63, 3.8) is 0 Å². The smallest absolute Gasteiger partial charge is 0.0579 e. The van der Waals surface area contributed by atoms with E-state index in [2.05, 4.69) is 16.8 Å². The van der Waals surface area contributed by atoms with Gasteiger partial charge in [0.05, 0.1) is 6.20 Å². The molecule has 0 heterocycles. The van der Waals surface area contributed by atoms with E-state index < -0.39 is 0 Å². The summed E-state index contributed by atoms with van der Waals surface area (Å²) < 4.78 is 0. The highest BCUT2D eigenvalue weighted by Gasteiger charge is 1.87. The van der Waals surface area contributed by atoms with Gasteiger partial charge >= 0.3 is 0 Å². The zero-order valence-electron chi connectivity index (χ0n) is 7.39. The van der Waals surface area contributed by atoms with E-state index in [0.29, 0.717) is 0 Å². The molecular formula is C10H13N2. The molecule has 0 fully saturated rings. The van der Waals surface area contributed by atoms with Gasteiger partial charge in [0.2, 0.25) is 0 Å². The molecule has 0 atom stereocenters. The van der Waals surface area contributed by atoms with E-state index in [1.54, 1.807) is 0 Å². The van der Waals surface area contributed by atoms with Gasteiger partial charge in [0.25, 0.3) is 0 Å². The lowest BCUT2D eigenvalue weighted by Crippen LogP contribution is -1.92. The summed E-state index contributed by atoms with van der Waals surface area (Å²) in [6.45, 7) is 0. The number of hydrogen-bond acceptors (Lipinski definition) is 2. The van der Waals surface area contributed by atoms with Crippen LogP contribution in [0.5, 0.6) is 0 Å². The van der Waals surface area contributed by atoms with Crippen LogP contribution < -0.4 is 10.6 Å². The summed E-state index contributed by atoms with van der Waals surface area (Å²) in [4.78, 5) is 0. The fourth-order valence-electron chi connectivity index (χ4n) is 0.902. The van der Waals surface area contributed by atoms with Gasteiger partial charge < -0.3 is 10.6 Å². The molecular weight excluding hydrogens is 148 g/mol. The number of hydrogen-bond donors (Lipinski definition) is 2. The Morgan fingerprint density at radius 1 is 1.17 bits per heavy atom. The third-order valence-corrected chi connectivity index (χ3v) is 1.58. The molecule has 0 unspecified atom stereocenters. The molecule has 0 aliphatic carbocycles. The minimum absolute atomic E-state index is 1.12. The molecule has 0 saturated heterocycles. The Morgan fingerprint density at radius 2 is 1.83 bits per heavy atom. The summed E-state index contributed by atoms with van der Waals surface area (Å²) in [5.74, 6) is 0. The third kappa shape index (κ3) is 2.31. The van der Waals surface area contributed by atoms with Gasteiger partial charge in [-0.2, -0.15) is 0 Å². The van der Waals surface area contributed by atoms with Crippen LogP contribution in [0.1, 0.15) is 5.56 Å². The summed E-state index contributed by atoms with van der Waals surface area (Å²) in [5.41, 5.74) is 2.26. The van der Waals surface area contributed by atoms with Gasteiger partial charge in [0, 0.05) is 19.8 Å². The standard InChI is InChI=1S/C10H13N2/c1-11-8-7-9-3-5-10(12-2)6-4-9/h3-7,11-12H,1-2H3. The van der Waals surface area contributed by atoms with E-state index in [-0.39, 0.29) is 0 Å². The van der Waals surface area contributed by atoms with E-state index >= 15 is 0 Å². The van der Waals surface area contributed by atoms with Gasteiger partial charge in [-0.05, 0) is 23.8 Å². The molecule has 0 amide bonds. The summed E-state index contributed by atoms with van der Waals surface area (Å²) in [6.07, 6.45) is 4.81. The van der Waals surface area contributed by atoms with E-state index in [1.807, 2.05) is 44.4 Å². The minimum atomic E-state index is 1.12. The van der Waals surface area contributed by atoms with E-state index in [4.69, 9.17) is 0 Å². The van der Waals surface area contributed by atoms with Crippen LogP contribution in [0.2, 0.25) is 0 Å². The zero-order valence-corrected chi connectivity index (χ0v) is 7.39. The predicted octanol–water partition coefficient (Wildman–Crippen LogP) is 1.72. The average molecular weight is 161 g/mol. The Kier molecular flexibility index (Phi) is 3.20. The van der Waals surface area contributed by atoms with Crippen LogP contribution in [-0.4, -0.2) is 14.1 Å². The highest BCUT2D eigenvalue weighted by molar-refractivity contribution is 5.53. The van der Waals surface area contributed by atoms with Crippen molar-refractivity contribution in [2.45, 2.75) is 0 Å². The van der Waals surface area contributed by atoms with Gasteiger partial charge in [-0.1, -0.05) is 12.1 Å². The number of rotatable bonds is 3. The summed E-state index contributed by atoms with van der Waals surface area (Å²) in [7, 11) is 3.74. The second-order valence-corrected chi connectivity index (χ2v) is 2.41. The topological polar surface area (TPSA) is 24.1 Å². The maximum absolute atomic E-state index is 3.06. The van der Waals surface area contributed by atoms with Crippen molar-refractivity contribution in [3.8, 4) is 0 Å². The maximum atomic E-state index is 3.06. The van der Waals surface area contributed by atoms with Gasteiger partial charge in [-0.25, -0.2) is 0 Å². The van der Waals surface area contributed by atoms with Crippen molar-refractivity contribution in [2.75, 3.05) is 19.4 Å². The van der Waals surface area contributed by atoms with Crippen LogP contribution in [0.3, 0.4) is 0 Å². The third-order valence-electron chi connectivity index (χ3n) is 1.58. The summed E-state index contributed by atoms with van der Waals surface area (Å²) in [5, 5.41) is 5.88. The van der Waals surface area contributed by atoms with Crippen LogP contribution in [-0.2, 0) is 0 Å². The Morgan fingerprint density at radius 3 is 2.33 bits per heavy atom. The molecule has 2 heteroatoms. The molecule has 2 N–H and O–H groups in total. The molecule has 0 aromatic heterocycles. The van der Waals surface area contributed by atoms with Crippen molar-refractivity contribution in [2.24, 2.45) is 0 Å². The van der Waals surface area contributed by atoms with E-state index in [9.17, 15) is 0 Å². The van der Waals surface area contributed by atoms with E-state index in [0.717, 1.165) is 11.3 Å². The Labute approximate surface area is 73.3 Å². The second kappa shape index (κ2) is 4.44. The van der Waals surface area contributed by atoms with Crippen molar-refractivity contribution in [1.82, 2.24) is 5.32 Å². The molecule has 0 saturated carbocycles. The largest absolute Gasteiger partial charge is 0.388 e. The molecule has 12 heavy (non-hydrogen) atoms. The van der Waals surface area contributed by atoms with Gasteiger partial charge in [0.15, 0.2) is 0 Å². The van der Waals surface area contributed by atoms with Crippen molar-refractivity contribution in [3.05, 3.63) is 36.0 Å². The fraction of sp³-hybridized carbons (Fsp3) is 0.200. The average Bonchev–Trinajstić information content (AvgIpc) is 2.15. The first kappa shape index (κ1) is 8.65. The summed E-state index contributed by atoms with van der Waals surface area (Å²) >= 11 is 0.